The van der Waals surface area contributed by atoms with Crippen molar-refractivity contribution in [1.29, 1.82) is 0 Å². The zero-order valence-electron chi connectivity index (χ0n) is 18.4. The zero-order chi connectivity index (χ0) is 21.8. The number of urea groups is 1. The first-order valence-corrected chi connectivity index (χ1v) is 11.5. The number of benzene rings is 1. The molecule has 166 valence electrons. The topological polar surface area (TPSA) is 102 Å². The van der Waals surface area contributed by atoms with Crippen LogP contribution in [0.4, 0.5) is 22.4 Å². The molecule has 9 nitrogen and oxygen atoms in total. The van der Waals surface area contributed by atoms with Crippen LogP contribution in [-0.4, -0.2) is 62.3 Å². The average Bonchev–Trinajstić information content (AvgIpc) is 3.18. The highest BCUT2D eigenvalue weighted by molar-refractivity contribution is 5.91. The van der Waals surface area contributed by atoms with Gasteiger partial charge >= 0.3 is 6.03 Å². The van der Waals surface area contributed by atoms with Crippen molar-refractivity contribution in [3.05, 3.63) is 36.0 Å². The van der Waals surface area contributed by atoms with Crippen LogP contribution in [0.1, 0.15) is 44.7 Å². The van der Waals surface area contributed by atoms with Crippen LogP contribution in [0.5, 0.6) is 0 Å². The summed E-state index contributed by atoms with van der Waals surface area (Å²) in [5.74, 6) is 2.87. The molecule has 9 heteroatoms. The maximum Gasteiger partial charge on any atom is 0.317 e. The maximum absolute atomic E-state index is 12.5. The first kappa shape index (κ1) is 19.3. The minimum absolute atomic E-state index is 0.0268. The summed E-state index contributed by atoms with van der Waals surface area (Å²) in [4.78, 5) is 26.5. The molecule has 4 heterocycles. The SMILES string of the molecule is CC(C)NC(=O)N1CC2CC1CN2c1nc(Nc2cc(C3CC3)[nH]n2)c2ccccc2n1. The molecule has 3 N–H and O–H groups in total. The lowest BCUT2D eigenvalue weighted by atomic mass is 10.2. The molecule has 0 spiro atoms. The van der Waals surface area contributed by atoms with Crippen molar-refractivity contribution in [2.45, 2.75) is 57.2 Å². The molecule has 2 aliphatic heterocycles. The number of likely N-dealkylation sites (tertiary alicyclic amines) is 1. The Bertz CT molecular complexity index is 1170. The number of hydrogen-bond acceptors (Lipinski definition) is 6. The van der Waals surface area contributed by atoms with E-state index in [1.807, 2.05) is 43.0 Å². The molecule has 2 saturated heterocycles. The van der Waals surface area contributed by atoms with Crippen LogP contribution in [0.15, 0.2) is 30.3 Å². The number of piperazine rings is 1. The first-order chi connectivity index (χ1) is 15.5. The predicted octanol–water partition coefficient (Wildman–Crippen LogP) is 3.35. The molecule has 2 atom stereocenters. The number of aromatic nitrogens is 4. The molecule has 2 amide bonds. The Morgan fingerprint density at radius 3 is 2.75 bits per heavy atom. The monoisotopic (exact) mass is 432 g/mol. The van der Waals surface area contributed by atoms with Crippen LogP contribution in [0.25, 0.3) is 10.9 Å². The van der Waals surface area contributed by atoms with Gasteiger partial charge in [-0.1, -0.05) is 12.1 Å². The number of hydrogen-bond donors (Lipinski definition) is 3. The van der Waals surface area contributed by atoms with E-state index in [1.54, 1.807) is 0 Å². The van der Waals surface area contributed by atoms with Gasteiger partial charge in [-0.15, -0.1) is 0 Å². The molecular formula is C23H28N8O. The lowest BCUT2D eigenvalue weighted by Crippen LogP contribution is -2.53. The minimum Gasteiger partial charge on any atom is -0.336 e. The van der Waals surface area contributed by atoms with Crippen molar-refractivity contribution in [3.8, 4) is 0 Å². The molecular weight excluding hydrogens is 404 g/mol. The van der Waals surface area contributed by atoms with Gasteiger partial charge in [0.05, 0.1) is 17.6 Å². The third kappa shape index (κ3) is 3.41. The van der Waals surface area contributed by atoms with Crippen LogP contribution >= 0.6 is 0 Å². The Balaban J connectivity index is 1.27. The van der Waals surface area contributed by atoms with E-state index < -0.39 is 0 Å². The number of amides is 2. The van der Waals surface area contributed by atoms with Gasteiger partial charge in [-0.05, 0) is 45.2 Å². The van der Waals surface area contributed by atoms with E-state index in [0.717, 1.165) is 35.5 Å². The van der Waals surface area contributed by atoms with Crippen molar-refractivity contribution < 1.29 is 4.79 Å². The van der Waals surface area contributed by atoms with Crippen LogP contribution in [0.2, 0.25) is 0 Å². The molecule has 6 rings (SSSR count). The number of fused-ring (bicyclic) bond motifs is 3. The predicted molar refractivity (Wildman–Crippen MR) is 123 cm³/mol. The average molecular weight is 433 g/mol. The van der Waals surface area contributed by atoms with Crippen molar-refractivity contribution in [1.82, 2.24) is 30.4 Å². The number of nitrogens with zero attached hydrogens (tertiary/aromatic N) is 5. The molecule has 1 saturated carbocycles. The van der Waals surface area contributed by atoms with Crippen molar-refractivity contribution in [2.24, 2.45) is 0 Å². The molecule has 2 unspecified atom stereocenters. The van der Waals surface area contributed by atoms with E-state index in [9.17, 15) is 4.79 Å². The van der Waals surface area contributed by atoms with Gasteiger partial charge in [-0.25, -0.2) is 9.78 Å². The van der Waals surface area contributed by atoms with E-state index in [1.165, 1.54) is 18.5 Å². The molecule has 2 bridgehead atoms. The summed E-state index contributed by atoms with van der Waals surface area (Å²) in [7, 11) is 0. The molecule has 3 aliphatic rings. The summed E-state index contributed by atoms with van der Waals surface area (Å²) >= 11 is 0. The lowest BCUT2D eigenvalue weighted by Gasteiger charge is -2.34. The van der Waals surface area contributed by atoms with Crippen molar-refractivity contribution in [3.63, 3.8) is 0 Å². The lowest BCUT2D eigenvalue weighted by molar-refractivity contribution is 0.186. The highest BCUT2D eigenvalue weighted by Crippen LogP contribution is 2.40. The number of aromatic amines is 1. The van der Waals surface area contributed by atoms with E-state index in [-0.39, 0.29) is 24.2 Å². The second-order valence-electron chi connectivity index (χ2n) is 9.45. The fourth-order valence-electron chi connectivity index (χ4n) is 4.90. The highest BCUT2D eigenvalue weighted by Gasteiger charge is 2.46. The van der Waals surface area contributed by atoms with Crippen LogP contribution in [0.3, 0.4) is 0 Å². The van der Waals surface area contributed by atoms with Gasteiger partial charge in [0.1, 0.15) is 5.82 Å². The second-order valence-corrected chi connectivity index (χ2v) is 9.45. The third-order valence-electron chi connectivity index (χ3n) is 6.62. The molecule has 2 aromatic heterocycles. The maximum atomic E-state index is 12.5. The third-order valence-corrected chi connectivity index (χ3v) is 6.62. The van der Waals surface area contributed by atoms with Crippen LogP contribution in [-0.2, 0) is 0 Å². The Kier molecular flexibility index (Phi) is 4.44. The van der Waals surface area contributed by atoms with Gasteiger partial charge in [0.2, 0.25) is 5.95 Å². The molecule has 1 aliphatic carbocycles. The fraction of sp³-hybridized carbons (Fsp3) is 0.478. The Morgan fingerprint density at radius 2 is 2.00 bits per heavy atom. The van der Waals surface area contributed by atoms with E-state index in [4.69, 9.17) is 9.97 Å². The summed E-state index contributed by atoms with van der Waals surface area (Å²) < 4.78 is 0. The molecule has 32 heavy (non-hydrogen) atoms. The number of carbonyl (C=O) groups excluding carboxylic acids is 1. The standard InChI is InChI=1S/C23H28N8O/c1-13(2)24-23(32)31-12-15-9-16(31)11-30(15)22-25-18-6-4-3-5-17(18)21(27-22)26-20-10-19(28-29-20)14-7-8-14/h3-6,10,13-16H,7-9,11-12H2,1-2H3,(H,24,32)(H2,25,26,27,28,29). The number of para-hydroxylation sites is 1. The zero-order valence-corrected chi connectivity index (χ0v) is 18.4. The largest absolute Gasteiger partial charge is 0.336 e. The van der Waals surface area contributed by atoms with E-state index in [2.05, 4.69) is 31.8 Å². The van der Waals surface area contributed by atoms with E-state index >= 15 is 0 Å². The fourth-order valence-corrected chi connectivity index (χ4v) is 4.90. The molecule has 3 fully saturated rings. The van der Waals surface area contributed by atoms with E-state index in [0.29, 0.717) is 18.4 Å². The highest BCUT2D eigenvalue weighted by atomic mass is 16.2. The van der Waals surface area contributed by atoms with Crippen molar-refractivity contribution in [2.75, 3.05) is 23.3 Å². The summed E-state index contributed by atoms with van der Waals surface area (Å²) in [5.41, 5.74) is 2.08. The summed E-state index contributed by atoms with van der Waals surface area (Å²) in [5, 5.41) is 15.0. The number of nitrogens with one attached hydrogen (secondary N) is 3. The van der Waals surface area contributed by atoms with Gasteiger partial charge in [-0.2, -0.15) is 10.1 Å². The van der Waals surface area contributed by atoms with Crippen LogP contribution in [0, 0.1) is 0 Å². The minimum atomic E-state index is 0.0268. The van der Waals surface area contributed by atoms with Gasteiger partial charge in [-0.3, -0.25) is 5.10 Å². The summed E-state index contributed by atoms with van der Waals surface area (Å²) in [6.45, 7) is 5.43. The normalized spacial score (nSPS) is 22.2. The van der Waals surface area contributed by atoms with Crippen LogP contribution < -0.4 is 15.5 Å². The molecule has 0 radical (unpaired) electrons. The van der Waals surface area contributed by atoms with Crippen molar-refractivity contribution >= 4 is 34.5 Å². The quantitative estimate of drug-likeness (QED) is 0.571. The molecule has 1 aromatic carbocycles. The van der Waals surface area contributed by atoms with Gasteiger partial charge in [0.15, 0.2) is 5.82 Å². The number of rotatable bonds is 5. The number of carbonyl (C=O) groups is 1. The molecule has 3 aromatic rings. The smallest absolute Gasteiger partial charge is 0.317 e. The summed E-state index contributed by atoms with van der Waals surface area (Å²) in [6, 6.07) is 10.7. The second kappa shape index (κ2) is 7.36. The Hall–Kier alpha value is -3.36. The Labute approximate surface area is 186 Å². The van der Waals surface area contributed by atoms with Gasteiger partial charge in [0, 0.05) is 42.2 Å². The first-order valence-electron chi connectivity index (χ1n) is 11.5. The van der Waals surface area contributed by atoms with Gasteiger partial charge < -0.3 is 20.4 Å². The van der Waals surface area contributed by atoms with Gasteiger partial charge in [0.25, 0.3) is 0 Å². The number of anilines is 3. The Morgan fingerprint density at radius 1 is 1.16 bits per heavy atom. The number of H-pyrrole nitrogens is 1. The summed E-state index contributed by atoms with van der Waals surface area (Å²) in [6.07, 6.45) is 3.41.